The first-order valence-electron chi connectivity index (χ1n) is 6.66. The summed E-state index contributed by atoms with van der Waals surface area (Å²) in [5.41, 5.74) is 0.211. The van der Waals surface area contributed by atoms with E-state index in [9.17, 15) is 4.79 Å². The van der Waals surface area contributed by atoms with Crippen LogP contribution in [-0.4, -0.2) is 25.2 Å². The van der Waals surface area contributed by atoms with Crippen LogP contribution in [0.4, 0.5) is 0 Å². The highest BCUT2D eigenvalue weighted by molar-refractivity contribution is 5.70. The molecule has 92 valence electrons. The summed E-state index contributed by atoms with van der Waals surface area (Å²) in [6, 6.07) is 0.555. The molecule has 1 N–H and O–H groups in total. The van der Waals surface area contributed by atoms with Crippen LogP contribution in [0.25, 0.3) is 0 Å². The molecule has 1 aliphatic heterocycles. The number of hydrogen-bond donors (Lipinski definition) is 1. The number of fused-ring (bicyclic) bond motifs is 1. The zero-order chi connectivity index (χ0) is 11.4. The molecule has 0 aromatic rings. The van der Waals surface area contributed by atoms with Crippen LogP contribution < -0.4 is 5.32 Å². The first kappa shape index (κ1) is 11.9. The van der Waals surface area contributed by atoms with Crippen molar-refractivity contribution in [3.8, 4) is 0 Å². The Morgan fingerprint density at radius 1 is 1.38 bits per heavy atom. The minimum Gasteiger partial charge on any atom is -0.466 e. The third-order valence-corrected chi connectivity index (χ3v) is 4.20. The molecule has 3 nitrogen and oxygen atoms in total. The van der Waals surface area contributed by atoms with E-state index in [1.807, 2.05) is 6.92 Å². The van der Waals surface area contributed by atoms with Gasteiger partial charge < -0.3 is 10.1 Å². The number of carbonyl (C=O) groups is 1. The second-order valence-corrected chi connectivity index (χ2v) is 5.20. The summed E-state index contributed by atoms with van der Waals surface area (Å²) in [5.74, 6) is -0.00176. The van der Waals surface area contributed by atoms with Crippen LogP contribution >= 0.6 is 0 Å². The SMILES string of the molecule is CCOC(=O)C[C@]12CCCC[C@@H]1NCCC2. The van der Waals surface area contributed by atoms with E-state index >= 15 is 0 Å². The molecule has 2 atom stereocenters. The topological polar surface area (TPSA) is 38.3 Å². The predicted molar refractivity (Wildman–Crippen MR) is 63.2 cm³/mol. The largest absolute Gasteiger partial charge is 0.466 e. The second-order valence-electron chi connectivity index (χ2n) is 5.20. The average molecular weight is 225 g/mol. The number of carbonyl (C=O) groups excluding carboxylic acids is 1. The molecule has 1 aliphatic carbocycles. The summed E-state index contributed by atoms with van der Waals surface area (Å²) in [7, 11) is 0. The van der Waals surface area contributed by atoms with Crippen LogP contribution in [-0.2, 0) is 9.53 Å². The standard InChI is InChI=1S/C13H23NO2/c1-2-16-12(15)10-13-7-4-3-6-11(13)14-9-5-8-13/h11,14H,2-10H2,1H3/t11-,13+/m0/s1. The van der Waals surface area contributed by atoms with Gasteiger partial charge in [-0.3, -0.25) is 4.79 Å². The van der Waals surface area contributed by atoms with Crippen molar-refractivity contribution in [2.75, 3.05) is 13.2 Å². The van der Waals surface area contributed by atoms with Gasteiger partial charge in [-0.25, -0.2) is 0 Å². The molecule has 0 unspecified atom stereocenters. The summed E-state index contributed by atoms with van der Waals surface area (Å²) >= 11 is 0. The van der Waals surface area contributed by atoms with Crippen LogP contribution in [0.5, 0.6) is 0 Å². The molecule has 2 aliphatic rings. The molecule has 2 fully saturated rings. The van der Waals surface area contributed by atoms with Gasteiger partial charge in [0.25, 0.3) is 0 Å². The van der Waals surface area contributed by atoms with E-state index < -0.39 is 0 Å². The fraction of sp³-hybridized carbons (Fsp3) is 0.923. The maximum absolute atomic E-state index is 11.7. The molecular weight excluding hydrogens is 202 g/mol. The zero-order valence-corrected chi connectivity index (χ0v) is 10.3. The molecule has 0 amide bonds. The lowest BCUT2D eigenvalue weighted by atomic mass is 9.64. The Morgan fingerprint density at radius 3 is 3.00 bits per heavy atom. The molecule has 1 saturated heterocycles. The Kier molecular flexibility index (Phi) is 3.85. The summed E-state index contributed by atoms with van der Waals surface area (Å²) in [6.07, 6.45) is 8.04. The Morgan fingerprint density at radius 2 is 2.19 bits per heavy atom. The lowest BCUT2D eigenvalue weighted by molar-refractivity contribution is -0.147. The number of ether oxygens (including phenoxy) is 1. The van der Waals surface area contributed by atoms with Gasteiger partial charge in [0.05, 0.1) is 13.0 Å². The quantitative estimate of drug-likeness (QED) is 0.749. The molecule has 0 spiro atoms. The van der Waals surface area contributed by atoms with Gasteiger partial charge in [-0.2, -0.15) is 0 Å². The molecule has 0 bridgehead atoms. The molecule has 0 aromatic heterocycles. The highest BCUT2D eigenvalue weighted by Gasteiger charge is 2.43. The van der Waals surface area contributed by atoms with Crippen molar-refractivity contribution >= 4 is 5.97 Å². The van der Waals surface area contributed by atoms with Gasteiger partial charge in [0, 0.05) is 6.04 Å². The van der Waals surface area contributed by atoms with Crippen molar-refractivity contribution in [2.24, 2.45) is 5.41 Å². The van der Waals surface area contributed by atoms with E-state index in [0.717, 1.165) is 6.54 Å². The molecule has 16 heavy (non-hydrogen) atoms. The lowest BCUT2D eigenvalue weighted by Gasteiger charge is -2.47. The minimum atomic E-state index is -0.00176. The Labute approximate surface area is 97.9 Å². The molecule has 3 heteroatoms. The lowest BCUT2D eigenvalue weighted by Crippen LogP contribution is -2.52. The summed E-state index contributed by atoms with van der Waals surface area (Å²) in [5, 5.41) is 3.60. The van der Waals surface area contributed by atoms with Crippen molar-refractivity contribution in [1.29, 1.82) is 0 Å². The maximum atomic E-state index is 11.7. The summed E-state index contributed by atoms with van der Waals surface area (Å²) in [6.45, 7) is 3.51. The van der Waals surface area contributed by atoms with Gasteiger partial charge in [-0.1, -0.05) is 12.8 Å². The monoisotopic (exact) mass is 225 g/mol. The summed E-state index contributed by atoms with van der Waals surface area (Å²) in [4.78, 5) is 11.7. The Hall–Kier alpha value is -0.570. The zero-order valence-electron chi connectivity index (χ0n) is 10.3. The first-order chi connectivity index (χ1) is 7.77. The minimum absolute atomic E-state index is 0.00176. The number of rotatable bonds is 3. The average Bonchev–Trinajstić information content (AvgIpc) is 2.29. The van der Waals surface area contributed by atoms with E-state index in [-0.39, 0.29) is 11.4 Å². The fourth-order valence-electron chi connectivity index (χ4n) is 3.44. The van der Waals surface area contributed by atoms with E-state index in [2.05, 4.69) is 5.32 Å². The number of piperidine rings is 1. The molecule has 0 aromatic carbocycles. The van der Waals surface area contributed by atoms with Crippen molar-refractivity contribution in [3.05, 3.63) is 0 Å². The van der Waals surface area contributed by atoms with Crippen LogP contribution in [0.15, 0.2) is 0 Å². The van der Waals surface area contributed by atoms with Crippen LogP contribution in [0, 0.1) is 5.41 Å². The van der Waals surface area contributed by atoms with Gasteiger partial charge in [-0.05, 0) is 44.6 Å². The maximum Gasteiger partial charge on any atom is 0.306 e. The van der Waals surface area contributed by atoms with E-state index in [4.69, 9.17) is 4.74 Å². The van der Waals surface area contributed by atoms with Crippen molar-refractivity contribution in [1.82, 2.24) is 5.32 Å². The van der Waals surface area contributed by atoms with E-state index in [1.54, 1.807) is 0 Å². The molecular formula is C13H23NO2. The van der Waals surface area contributed by atoms with E-state index in [1.165, 1.54) is 38.5 Å². The van der Waals surface area contributed by atoms with Crippen molar-refractivity contribution < 1.29 is 9.53 Å². The predicted octanol–water partition coefficient (Wildman–Crippen LogP) is 2.25. The molecule has 1 heterocycles. The second kappa shape index (κ2) is 5.17. The van der Waals surface area contributed by atoms with Crippen LogP contribution in [0.1, 0.15) is 51.9 Å². The van der Waals surface area contributed by atoms with Gasteiger partial charge in [-0.15, -0.1) is 0 Å². The molecule has 2 rings (SSSR count). The first-order valence-corrected chi connectivity index (χ1v) is 6.66. The number of esters is 1. The normalized spacial score (nSPS) is 34.2. The van der Waals surface area contributed by atoms with Crippen LogP contribution in [0.3, 0.4) is 0 Å². The molecule has 0 radical (unpaired) electrons. The third kappa shape index (κ3) is 2.40. The van der Waals surface area contributed by atoms with Crippen LogP contribution in [0.2, 0.25) is 0 Å². The highest BCUT2D eigenvalue weighted by Crippen LogP contribution is 2.45. The number of nitrogens with one attached hydrogen (secondary N) is 1. The molecule has 1 saturated carbocycles. The van der Waals surface area contributed by atoms with Gasteiger partial charge in [0.15, 0.2) is 0 Å². The van der Waals surface area contributed by atoms with Gasteiger partial charge >= 0.3 is 5.97 Å². The Bertz CT molecular complexity index is 240. The Balaban J connectivity index is 2.02. The van der Waals surface area contributed by atoms with E-state index in [0.29, 0.717) is 19.1 Å². The van der Waals surface area contributed by atoms with Crippen molar-refractivity contribution in [3.63, 3.8) is 0 Å². The highest BCUT2D eigenvalue weighted by atomic mass is 16.5. The van der Waals surface area contributed by atoms with Gasteiger partial charge in [0.2, 0.25) is 0 Å². The summed E-state index contributed by atoms with van der Waals surface area (Å²) < 4.78 is 5.12. The smallest absolute Gasteiger partial charge is 0.306 e. The third-order valence-electron chi connectivity index (χ3n) is 4.20. The number of hydrogen-bond acceptors (Lipinski definition) is 3. The van der Waals surface area contributed by atoms with Gasteiger partial charge in [0.1, 0.15) is 0 Å². The fourth-order valence-corrected chi connectivity index (χ4v) is 3.44. The van der Waals surface area contributed by atoms with Crippen molar-refractivity contribution in [2.45, 2.75) is 57.9 Å².